The maximum absolute atomic E-state index is 13.6. The molecular formula is C28H40F5N3O13P2. The van der Waals surface area contributed by atoms with Crippen LogP contribution < -0.4 is 4.74 Å². The number of aliphatic hydroxyl groups excluding tert-OH is 3. The maximum Gasteiger partial charge on any atom is 0.313 e. The number of esters is 1. The van der Waals surface area contributed by atoms with Crippen molar-refractivity contribution in [3.63, 3.8) is 0 Å². The molecule has 1 aliphatic heterocycles. The molecule has 0 aliphatic carbocycles. The molecular weight excluding hydrogens is 743 g/mol. The van der Waals surface area contributed by atoms with E-state index in [-0.39, 0.29) is 58.8 Å². The van der Waals surface area contributed by atoms with Crippen LogP contribution in [0.25, 0.3) is 0 Å². The van der Waals surface area contributed by atoms with Crippen LogP contribution in [0.4, 0.5) is 22.0 Å². The van der Waals surface area contributed by atoms with Crippen LogP contribution in [-0.4, -0.2) is 142 Å². The minimum absolute atomic E-state index is 0.00813. The fraction of sp³-hybridized carbons (Fsp3) is 0.679. The maximum atomic E-state index is 13.6. The van der Waals surface area contributed by atoms with Gasteiger partial charge in [-0.3, -0.25) is 4.79 Å². The Morgan fingerprint density at radius 1 is 0.804 bits per heavy atom. The summed E-state index contributed by atoms with van der Waals surface area (Å²) in [6.45, 7) is 1.72. The first-order valence-electron chi connectivity index (χ1n) is 15.5. The summed E-state index contributed by atoms with van der Waals surface area (Å²) >= 11 is 0. The molecule has 0 unspecified atom stereocenters. The van der Waals surface area contributed by atoms with E-state index in [4.69, 9.17) is 28.4 Å². The van der Waals surface area contributed by atoms with Crippen LogP contribution in [0.1, 0.15) is 18.5 Å². The van der Waals surface area contributed by atoms with Crippen LogP contribution in [-0.2, 0) is 46.2 Å². The molecule has 3 rings (SSSR count). The van der Waals surface area contributed by atoms with Crippen molar-refractivity contribution < 1.29 is 85.0 Å². The van der Waals surface area contributed by atoms with Crippen molar-refractivity contribution in [2.45, 2.75) is 56.5 Å². The predicted molar refractivity (Wildman–Crippen MR) is 165 cm³/mol. The number of rotatable bonds is 23. The van der Waals surface area contributed by atoms with E-state index >= 15 is 0 Å². The molecule has 0 amide bonds. The molecule has 5 N–H and O–H groups in total. The molecule has 1 aromatic heterocycles. The largest absolute Gasteiger partial charge is 0.420 e. The molecule has 0 radical (unpaired) electrons. The van der Waals surface area contributed by atoms with E-state index in [1.165, 1.54) is 0 Å². The Balaban J connectivity index is 1.16. The molecule has 16 nitrogen and oxygen atoms in total. The Morgan fingerprint density at radius 2 is 1.35 bits per heavy atom. The standard InChI is InChI=1S/C28H40F5N3O13P2/c29-19-20(30)22(32)27(23(33)21(19)31)49-18(37)2-5-43-8-10-45-12-13-46-11-9-44-7-4-36-15-16(34-35-36)1-6-47-28-26(40)25(39)24(38)17(48-28)3-14-51(41,42)50/h15,17,24-26,28,38-42,50H,1-14H2/t17-,24-,25+,26+,28+/m1/s1. The zero-order chi connectivity index (χ0) is 37.6. The number of ether oxygens (including phenoxy) is 7. The Morgan fingerprint density at radius 3 is 1.94 bits per heavy atom. The second-order valence-electron chi connectivity index (χ2n) is 10.9. The molecule has 0 spiro atoms. The highest BCUT2D eigenvalue weighted by Gasteiger charge is 2.44. The quantitative estimate of drug-likeness (QED) is 0.0200. The summed E-state index contributed by atoms with van der Waals surface area (Å²) in [5.74, 6) is -14.3. The normalized spacial score (nSPS) is 20.9. The third kappa shape index (κ3) is 14.3. The molecule has 1 fully saturated rings. The van der Waals surface area contributed by atoms with Crippen LogP contribution in [0.2, 0.25) is 0 Å². The number of halogens is 5. The molecule has 1 aliphatic rings. The third-order valence-corrected chi connectivity index (χ3v) is 8.59. The molecule has 290 valence electrons. The van der Waals surface area contributed by atoms with Gasteiger partial charge in [-0.1, -0.05) is 13.7 Å². The molecule has 0 bridgehead atoms. The van der Waals surface area contributed by atoms with Crippen molar-refractivity contribution in [3.05, 3.63) is 41.0 Å². The van der Waals surface area contributed by atoms with Gasteiger partial charge in [-0.2, -0.15) is 8.78 Å². The van der Waals surface area contributed by atoms with E-state index < -0.39 is 84.9 Å². The number of hydrogen-bond donors (Lipinski definition) is 5. The summed E-state index contributed by atoms with van der Waals surface area (Å²) in [4.78, 5) is 30.7. The van der Waals surface area contributed by atoms with Gasteiger partial charge in [0, 0.05) is 18.8 Å². The van der Waals surface area contributed by atoms with Crippen molar-refractivity contribution in [2.24, 2.45) is 0 Å². The van der Waals surface area contributed by atoms with Gasteiger partial charge in [-0.15, -0.1) is 5.10 Å². The number of carbonyl (C=O) groups is 1. The van der Waals surface area contributed by atoms with Crippen LogP contribution >= 0.6 is 15.5 Å². The first kappa shape index (κ1) is 43.2. The smallest absolute Gasteiger partial charge is 0.313 e. The average molecular weight is 784 g/mol. The van der Waals surface area contributed by atoms with Crippen LogP contribution in [0, 0.1) is 29.1 Å². The zero-order valence-electron chi connectivity index (χ0n) is 27.0. The van der Waals surface area contributed by atoms with Gasteiger partial charge >= 0.3 is 5.97 Å². The van der Waals surface area contributed by atoms with Gasteiger partial charge in [0.25, 0.3) is 0 Å². The minimum Gasteiger partial charge on any atom is -0.420 e. The topological polar surface area (TPSA) is 214 Å². The van der Waals surface area contributed by atoms with Gasteiger partial charge < -0.3 is 58.3 Å². The van der Waals surface area contributed by atoms with Gasteiger partial charge in [-0.25, -0.2) is 17.9 Å². The second-order valence-corrected chi connectivity index (χ2v) is 15.0. The number of nitrogens with zero attached hydrogens (tertiary/aromatic N) is 3. The number of aliphatic hydroxyl groups is 3. The number of hydrogen-bond acceptors (Lipinski definition) is 13. The Labute approximate surface area is 290 Å². The number of benzene rings is 1. The van der Waals surface area contributed by atoms with E-state index in [0.717, 1.165) is 0 Å². The molecule has 51 heavy (non-hydrogen) atoms. The molecule has 0 saturated carbocycles. The summed E-state index contributed by atoms with van der Waals surface area (Å²) in [5, 5.41) is 38.5. The monoisotopic (exact) mass is 783 g/mol. The average Bonchev–Trinajstić information content (AvgIpc) is 3.55. The molecule has 1 saturated heterocycles. The summed E-state index contributed by atoms with van der Waals surface area (Å²) in [6.07, 6.45) is -5.37. The number of carbonyl (C=O) groups excluding carboxylic acids is 1. The van der Waals surface area contributed by atoms with E-state index in [1.807, 2.05) is 0 Å². The lowest BCUT2D eigenvalue weighted by molar-refractivity contribution is -0.296. The van der Waals surface area contributed by atoms with E-state index in [2.05, 4.69) is 23.6 Å². The van der Waals surface area contributed by atoms with Crippen LogP contribution in [0.3, 0.4) is 0 Å². The van der Waals surface area contributed by atoms with Crippen LogP contribution in [0.15, 0.2) is 6.20 Å². The van der Waals surface area contributed by atoms with Gasteiger partial charge in [0.2, 0.25) is 34.8 Å². The van der Waals surface area contributed by atoms with Gasteiger partial charge in [-0.05, 0) is 6.42 Å². The third-order valence-electron chi connectivity index (χ3n) is 7.04. The predicted octanol–water partition coefficient (Wildman–Crippen LogP) is 0.682. The van der Waals surface area contributed by atoms with Crippen molar-refractivity contribution in [3.8, 4) is 5.75 Å². The highest BCUT2D eigenvalue weighted by atomic mass is 31.8. The first-order chi connectivity index (χ1) is 24.2. The van der Waals surface area contributed by atoms with E-state index in [1.54, 1.807) is 10.9 Å². The molecule has 23 heteroatoms. The lowest BCUT2D eigenvalue weighted by Crippen LogP contribution is -2.58. The molecule has 2 aromatic rings. The Bertz CT molecular complexity index is 1410. The van der Waals surface area contributed by atoms with E-state index in [9.17, 15) is 51.9 Å². The highest BCUT2D eigenvalue weighted by molar-refractivity contribution is 7.91. The number of aromatic nitrogens is 3. The molecule has 2 heterocycles. The van der Waals surface area contributed by atoms with Gasteiger partial charge in [0.05, 0.1) is 84.2 Å². The highest BCUT2D eigenvalue weighted by Crippen LogP contribution is 2.43. The fourth-order valence-corrected chi connectivity index (χ4v) is 5.36. The summed E-state index contributed by atoms with van der Waals surface area (Å²) in [7, 11) is -0.490. The van der Waals surface area contributed by atoms with E-state index in [0.29, 0.717) is 31.9 Å². The SMILES string of the molecule is O=C(CCOCCOCCOCCOCCn1cc(CCO[C@H]2O[C@H](CCP(O)(O)=P)[C@@H](O)[C@H](O)[C@@H]2O)nn1)Oc1c(F)c(F)c(F)c(F)c1F. The van der Waals surface area contributed by atoms with Crippen molar-refractivity contribution >= 4 is 21.5 Å². The Hall–Kier alpha value is -2.23. The summed E-state index contributed by atoms with van der Waals surface area (Å²) in [6, 6.07) is 0. The minimum atomic E-state index is -3.31. The van der Waals surface area contributed by atoms with Crippen molar-refractivity contribution in [1.29, 1.82) is 0 Å². The van der Waals surface area contributed by atoms with Crippen LogP contribution in [0.5, 0.6) is 5.75 Å². The summed E-state index contributed by atoms with van der Waals surface area (Å²) in [5.41, 5.74) is 0.578. The van der Waals surface area contributed by atoms with Gasteiger partial charge in [0.1, 0.15) is 25.3 Å². The van der Waals surface area contributed by atoms with Crippen molar-refractivity contribution in [1.82, 2.24) is 15.0 Å². The van der Waals surface area contributed by atoms with Crippen molar-refractivity contribution in [2.75, 3.05) is 65.6 Å². The molecule has 1 aromatic carbocycles. The fourth-order valence-electron chi connectivity index (χ4n) is 4.36. The lowest BCUT2D eigenvalue weighted by Gasteiger charge is -2.40. The molecule has 5 atom stereocenters. The zero-order valence-corrected chi connectivity index (χ0v) is 28.9. The first-order valence-corrected chi connectivity index (χ1v) is 18.7. The Kier molecular flexibility index (Phi) is 18.2. The van der Waals surface area contributed by atoms with Gasteiger partial charge in [0.15, 0.2) is 6.29 Å². The lowest BCUT2D eigenvalue weighted by atomic mass is 9.97. The summed E-state index contributed by atoms with van der Waals surface area (Å²) < 4.78 is 105. The second kappa shape index (κ2) is 21.5.